The first-order valence-corrected chi connectivity index (χ1v) is 8.16. The number of methoxy groups -OCH3 is 1. The quantitative estimate of drug-likeness (QED) is 0.742. The third-order valence-electron chi connectivity index (χ3n) is 3.90. The Morgan fingerprint density at radius 2 is 2.13 bits per heavy atom. The van der Waals surface area contributed by atoms with E-state index in [1.807, 2.05) is 13.8 Å². The van der Waals surface area contributed by atoms with Gasteiger partial charge in [-0.1, -0.05) is 37.0 Å². The maximum atomic E-state index is 12.1. The lowest BCUT2D eigenvalue weighted by Gasteiger charge is -2.39. The molecule has 1 aliphatic heterocycles. The molecule has 0 N–H and O–H groups in total. The molecule has 1 aromatic rings. The summed E-state index contributed by atoms with van der Waals surface area (Å²) in [5, 5.41) is 7.06. The van der Waals surface area contributed by atoms with Gasteiger partial charge < -0.3 is 9.47 Å². The molecule has 0 spiro atoms. The molecule has 7 heteroatoms. The van der Waals surface area contributed by atoms with Crippen molar-refractivity contribution in [2.45, 2.75) is 32.9 Å². The van der Waals surface area contributed by atoms with Gasteiger partial charge in [0, 0.05) is 24.5 Å². The van der Waals surface area contributed by atoms with Crippen molar-refractivity contribution in [1.82, 2.24) is 0 Å². The molecule has 0 fully saturated rings. The smallest absolute Gasteiger partial charge is 0.354 e. The van der Waals surface area contributed by atoms with Crippen LogP contribution in [0.3, 0.4) is 0 Å². The standard InChI is InChI=1S/C16H20Cl2N2O3/c1-5-23-15(21)13-9-16(22-4,10(2)3)20(19-13)14-7-6-11(17)8-12(14)18/h6-8,10H,5,9H2,1-4H3. The van der Waals surface area contributed by atoms with E-state index in [0.29, 0.717) is 34.5 Å². The molecular formula is C16H20Cl2N2O3. The Morgan fingerprint density at radius 1 is 1.43 bits per heavy atom. The molecule has 0 amide bonds. The zero-order valence-electron chi connectivity index (χ0n) is 13.6. The van der Waals surface area contributed by atoms with Crippen LogP contribution in [-0.2, 0) is 14.3 Å². The largest absolute Gasteiger partial charge is 0.461 e. The number of benzene rings is 1. The molecule has 126 valence electrons. The van der Waals surface area contributed by atoms with Gasteiger partial charge >= 0.3 is 5.97 Å². The van der Waals surface area contributed by atoms with E-state index in [1.54, 1.807) is 37.2 Å². The van der Waals surface area contributed by atoms with Crippen LogP contribution in [0.4, 0.5) is 5.69 Å². The third kappa shape index (κ3) is 3.32. The lowest BCUT2D eigenvalue weighted by atomic mass is 9.93. The van der Waals surface area contributed by atoms with Gasteiger partial charge in [-0.3, -0.25) is 0 Å². The van der Waals surface area contributed by atoms with Gasteiger partial charge in [0.05, 0.1) is 17.3 Å². The van der Waals surface area contributed by atoms with E-state index in [4.69, 9.17) is 32.7 Å². The molecule has 1 aromatic carbocycles. The van der Waals surface area contributed by atoms with Crippen molar-refractivity contribution in [3.8, 4) is 0 Å². The average Bonchev–Trinajstić information content (AvgIpc) is 2.88. The van der Waals surface area contributed by atoms with Crippen LogP contribution in [-0.4, -0.2) is 31.1 Å². The summed E-state index contributed by atoms with van der Waals surface area (Å²) in [6.45, 7) is 6.06. The number of carbonyl (C=O) groups is 1. The molecule has 1 aliphatic rings. The third-order valence-corrected chi connectivity index (χ3v) is 4.44. The molecule has 0 saturated carbocycles. The number of rotatable bonds is 5. The molecule has 0 aromatic heterocycles. The van der Waals surface area contributed by atoms with Crippen LogP contribution >= 0.6 is 23.2 Å². The first kappa shape index (κ1) is 18.0. The summed E-state index contributed by atoms with van der Waals surface area (Å²) >= 11 is 12.3. The predicted molar refractivity (Wildman–Crippen MR) is 92.2 cm³/mol. The van der Waals surface area contributed by atoms with Gasteiger partial charge in [0.15, 0.2) is 11.4 Å². The summed E-state index contributed by atoms with van der Waals surface area (Å²) in [4.78, 5) is 12.1. The molecule has 5 nitrogen and oxygen atoms in total. The van der Waals surface area contributed by atoms with E-state index in [-0.39, 0.29) is 5.92 Å². The SMILES string of the molecule is CCOC(=O)C1=NN(c2ccc(Cl)cc2Cl)C(OC)(C(C)C)C1. The van der Waals surface area contributed by atoms with Crippen LogP contribution in [0.25, 0.3) is 0 Å². The van der Waals surface area contributed by atoms with Crippen molar-refractivity contribution in [1.29, 1.82) is 0 Å². The highest BCUT2D eigenvalue weighted by Crippen LogP contribution is 2.42. The van der Waals surface area contributed by atoms with Crippen LogP contribution in [0.15, 0.2) is 23.3 Å². The molecule has 0 radical (unpaired) electrons. The van der Waals surface area contributed by atoms with Crippen molar-refractivity contribution in [2.24, 2.45) is 11.0 Å². The first-order valence-electron chi connectivity index (χ1n) is 7.40. The van der Waals surface area contributed by atoms with Crippen molar-refractivity contribution in [3.05, 3.63) is 28.2 Å². The highest BCUT2D eigenvalue weighted by Gasteiger charge is 2.49. The second-order valence-corrected chi connectivity index (χ2v) is 6.40. The van der Waals surface area contributed by atoms with Gasteiger partial charge in [-0.25, -0.2) is 9.80 Å². The number of nitrogens with zero attached hydrogens (tertiary/aromatic N) is 2. The zero-order valence-corrected chi connectivity index (χ0v) is 15.1. The number of anilines is 1. The minimum atomic E-state index is -0.806. The van der Waals surface area contributed by atoms with Gasteiger partial charge in [-0.05, 0) is 25.1 Å². The van der Waals surface area contributed by atoms with Gasteiger partial charge in [-0.15, -0.1) is 0 Å². The van der Waals surface area contributed by atoms with E-state index < -0.39 is 11.7 Å². The normalized spacial score (nSPS) is 20.8. The second kappa shape index (κ2) is 7.07. The van der Waals surface area contributed by atoms with Crippen molar-refractivity contribution < 1.29 is 14.3 Å². The number of hydrogen-bond acceptors (Lipinski definition) is 5. The Balaban J connectivity index is 2.51. The maximum absolute atomic E-state index is 12.1. The Labute approximate surface area is 146 Å². The number of ether oxygens (including phenoxy) is 2. The predicted octanol–water partition coefficient (Wildman–Crippen LogP) is 4.12. The minimum absolute atomic E-state index is 0.0509. The number of halogens is 2. The topological polar surface area (TPSA) is 51.1 Å². The summed E-state index contributed by atoms with van der Waals surface area (Å²) in [6, 6.07) is 5.12. The van der Waals surface area contributed by atoms with Crippen molar-refractivity contribution >= 4 is 40.6 Å². The Hall–Kier alpha value is -1.30. The highest BCUT2D eigenvalue weighted by atomic mass is 35.5. The van der Waals surface area contributed by atoms with E-state index in [0.717, 1.165) is 0 Å². The summed E-state index contributed by atoms with van der Waals surface area (Å²) in [5.41, 5.74) is 0.138. The van der Waals surface area contributed by atoms with E-state index in [2.05, 4.69) is 5.10 Å². The Kier molecular flexibility index (Phi) is 5.55. The monoisotopic (exact) mass is 358 g/mol. The molecule has 0 aliphatic carbocycles. The van der Waals surface area contributed by atoms with Crippen molar-refractivity contribution in [2.75, 3.05) is 18.7 Å². The van der Waals surface area contributed by atoms with Crippen LogP contribution in [0.1, 0.15) is 27.2 Å². The summed E-state index contributed by atoms with van der Waals surface area (Å²) in [7, 11) is 1.60. The lowest BCUT2D eigenvalue weighted by molar-refractivity contribution is -0.135. The fourth-order valence-corrected chi connectivity index (χ4v) is 3.13. The van der Waals surface area contributed by atoms with E-state index >= 15 is 0 Å². The van der Waals surface area contributed by atoms with Crippen LogP contribution in [0, 0.1) is 5.92 Å². The van der Waals surface area contributed by atoms with Gasteiger partial charge in [0.1, 0.15) is 0 Å². The number of hydrogen-bond donors (Lipinski definition) is 0. The number of carbonyl (C=O) groups excluding carboxylic acids is 1. The molecular weight excluding hydrogens is 339 g/mol. The van der Waals surface area contributed by atoms with Gasteiger partial charge in [-0.2, -0.15) is 5.10 Å². The summed E-state index contributed by atoms with van der Waals surface area (Å²) in [5.74, 6) is -0.392. The molecule has 2 rings (SSSR count). The fraction of sp³-hybridized carbons (Fsp3) is 0.500. The molecule has 0 saturated heterocycles. The van der Waals surface area contributed by atoms with E-state index in [1.165, 1.54) is 0 Å². The molecule has 0 bridgehead atoms. The summed E-state index contributed by atoms with van der Waals surface area (Å²) < 4.78 is 10.9. The number of esters is 1. The molecule has 1 atom stereocenters. The maximum Gasteiger partial charge on any atom is 0.354 e. The average molecular weight is 359 g/mol. The highest BCUT2D eigenvalue weighted by molar-refractivity contribution is 6.38. The lowest BCUT2D eigenvalue weighted by Crippen LogP contribution is -2.49. The molecule has 1 heterocycles. The fourth-order valence-electron chi connectivity index (χ4n) is 2.64. The second-order valence-electron chi connectivity index (χ2n) is 5.56. The van der Waals surface area contributed by atoms with Crippen LogP contribution < -0.4 is 5.01 Å². The Morgan fingerprint density at radius 3 is 2.65 bits per heavy atom. The van der Waals surface area contributed by atoms with E-state index in [9.17, 15) is 4.79 Å². The first-order chi connectivity index (χ1) is 10.9. The number of hydrazone groups is 1. The Bertz CT molecular complexity index is 634. The summed E-state index contributed by atoms with van der Waals surface area (Å²) in [6.07, 6.45) is 0.318. The van der Waals surface area contributed by atoms with Crippen molar-refractivity contribution in [3.63, 3.8) is 0 Å². The van der Waals surface area contributed by atoms with Gasteiger partial charge in [0.25, 0.3) is 0 Å². The van der Waals surface area contributed by atoms with Crippen LogP contribution in [0.5, 0.6) is 0 Å². The zero-order chi connectivity index (χ0) is 17.2. The van der Waals surface area contributed by atoms with Crippen LogP contribution in [0.2, 0.25) is 10.0 Å². The van der Waals surface area contributed by atoms with Gasteiger partial charge in [0.2, 0.25) is 0 Å². The molecule has 1 unspecified atom stereocenters. The molecule has 23 heavy (non-hydrogen) atoms. The minimum Gasteiger partial charge on any atom is -0.461 e.